The van der Waals surface area contributed by atoms with Crippen LogP contribution in [0.25, 0.3) is 22.2 Å². The molecule has 0 aliphatic carbocycles. The second-order valence-electron chi connectivity index (χ2n) is 6.73. The van der Waals surface area contributed by atoms with Crippen molar-refractivity contribution in [3.05, 3.63) is 30.6 Å². The van der Waals surface area contributed by atoms with Crippen molar-refractivity contribution in [2.24, 2.45) is 13.0 Å². The highest BCUT2D eigenvalue weighted by Crippen LogP contribution is 2.30. The third-order valence-electron chi connectivity index (χ3n) is 4.79. The number of pyridine rings is 2. The van der Waals surface area contributed by atoms with E-state index in [2.05, 4.69) is 15.4 Å². The first-order valence-electron chi connectivity index (χ1n) is 8.81. The van der Waals surface area contributed by atoms with Crippen LogP contribution >= 0.6 is 0 Å². The Bertz CT molecular complexity index is 983. The van der Waals surface area contributed by atoms with E-state index in [4.69, 9.17) is 14.5 Å². The van der Waals surface area contributed by atoms with Crippen LogP contribution in [-0.4, -0.2) is 45.4 Å². The van der Waals surface area contributed by atoms with Gasteiger partial charge in [-0.1, -0.05) is 0 Å². The van der Waals surface area contributed by atoms with Crippen molar-refractivity contribution in [2.45, 2.75) is 19.4 Å². The molecule has 1 aliphatic rings. The first kappa shape index (κ1) is 17.3. The molecule has 0 bridgehead atoms. The highest BCUT2D eigenvalue weighted by atomic mass is 16.5. The summed E-state index contributed by atoms with van der Waals surface area (Å²) in [7, 11) is 3.44. The molecule has 1 N–H and O–H groups in total. The fourth-order valence-electron chi connectivity index (χ4n) is 3.23. The summed E-state index contributed by atoms with van der Waals surface area (Å²) in [4.78, 5) is 20.5. The molecule has 0 aromatic carbocycles. The summed E-state index contributed by atoms with van der Waals surface area (Å²) in [5.74, 6) is 1.24. The average Bonchev–Trinajstić information content (AvgIpc) is 3.26. The van der Waals surface area contributed by atoms with E-state index in [1.54, 1.807) is 24.1 Å². The number of ether oxygens (including phenoxy) is 2. The highest BCUT2D eigenvalue weighted by molar-refractivity contribution is 5.86. The summed E-state index contributed by atoms with van der Waals surface area (Å²) in [6, 6.07) is 5.60. The van der Waals surface area contributed by atoms with Crippen molar-refractivity contribution in [1.29, 1.82) is 0 Å². The predicted molar refractivity (Wildman–Crippen MR) is 99.5 cm³/mol. The van der Waals surface area contributed by atoms with Crippen LogP contribution in [0, 0.1) is 5.92 Å². The number of amides is 1. The molecule has 27 heavy (non-hydrogen) atoms. The van der Waals surface area contributed by atoms with Gasteiger partial charge in [-0.05, 0) is 19.1 Å². The fourth-order valence-corrected chi connectivity index (χ4v) is 3.23. The summed E-state index contributed by atoms with van der Waals surface area (Å²) in [6.07, 6.45) is 3.92. The molecule has 1 saturated heterocycles. The molecule has 2 atom stereocenters. The second-order valence-corrected chi connectivity index (χ2v) is 6.73. The molecule has 0 radical (unpaired) electrons. The lowest BCUT2D eigenvalue weighted by Crippen LogP contribution is -2.26. The van der Waals surface area contributed by atoms with Crippen LogP contribution in [0.4, 0.5) is 0 Å². The summed E-state index contributed by atoms with van der Waals surface area (Å²) >= 11 is 0. The summed E-state index contributed by atoms with van der Waals surface area (Å²) < 4.78 is 13.0. The van der Waals surface area contributed by atoms with E-state index < -0.39 is 0 Å². The first-order chi connectivity index (χ1) is 13.0. The minimum Gasteiger partial charge on any atom is -0.481 e. The standard InChI is InChI=1S/C19H21N5O3/c1-11(13-6-17(25)20-9-13)27-19-14-10-24(2)23-16(14)7-15(22-19)12-4-5-18(26-3)21-8-12/h4-5,7-8,10-11,13H,6,9H2,1-3H3,(H,20,25). The number of nitrogens with one attached hydrogen (secondary N) is 1. The van der Waals surface area contributed by atoms with Gasteiger partial charge in [-0.15, -0.1) is 0 Å². The monoisotopic (exact) mass is 367 g/mol. The average molecular weight is 367 g/mol. The maximum absolute atomic E-state index is 11.5. The molecule has 2 unspecified atom stereocenters. The van der Waals surface area contributed by atoms with Crippen molar-refractivity contribution in [1.82, 2.24) is 25.1 Å². The Morgan fingerprint density at radius 3 is 2.89 bits per heavy atom. The second kappa shape index (κ2) is 6.86. The van der Waals surface area contributed by atoms with Crippen LogP contribution < -0.4 is 14.8 Å². The van der Waals surface area contributed by atoms with Crippen LogP contribution in [0.1, 0.15) is 13.3 Å². The Balaban J connectivity index is 1.70. The summed E-state index contributed by atoms with van der Waals surface area (Å²) in [5.41, 5.74) is 2.36. The number of aryl methyl sites for hydroxylation is 1. The molecular formula is C19H21N5O3. The predicted octanol–water partition coefficient (Wildman–Crippen LogP) is 1.94. The zero-order chi connectivity index (χ0) is 19.0. The van der Waals surface area contributed by atoms with Crippen molar-refractivity contribution in [3.63, 3.8) is 0 Å². The van der Waals surface area contributed by atoms with Crippen molar-refractivity contribution < 1.29 is 14.3 Å². The number of carbonyl (C=O) groups is 1. The van der Waals surface area contributed by atoms with Crippen molar-refractivity contribution in [3.8, 4) is 23.0 Å². The van der Waals surface area contributed by atoms with Crippen LogP contribution in [0.15, 0.2) is 30.6 Å². The third kappa shape index (κ3) is 3.42. The zero-order valence-corrected chi connectivity index (χ0v) is 15.5. The molecule has 1 aliphatic heterocycles. The van der Waals surface area contributed by atoms with E-state index in [1.165, 1.54) is 0 Å². The molecule has 3 aromatic heterocycles. The molecule has 4 rings (SSSR count). The third-order valence-corrected chi connectivity index (χ3v) is 4.79. The number of methoxy groups -OCH3 is 1. The number of carbonyl (C=O) groups excluding carboxylic acids is 1. The summed E-state index contributed by atoms with van der Waals surface area (Å²) in [5, 5.41) is 8.19. The molecule has 8 heteroatoms. The molecule has 4 heterocycles. The van der Waals surface area contributed by atoms with Gasteiger partial charge < -0.3 is 14.8 Å². The van der Waals surface area contributed by atoms with Gasteiger partial charge in [0.15, 0.2) is 0 Å². The van der Waals surface area contributed by atoms with E-state index in [0.717, 1.165) is 22.2 Å². The lowest BCUT2D eigenvalue weighted by Gasteiger charge is -2.19. The van der Waals surface area contributed by atoms with Crippen LogP contribution in [0.3, 0.4) is 0 Å². The Morgan fingerprint density at radius 1 is 1.37 bits per heavy atom. The highest BCUT2D eigenvalue weighted by Gasteiger charge is 2.29. The molecule has 8 nitrogen and oxygen atoms in total. The lowest BCUT2D eigenvalue weighted by molar-refractivity contribution is -0.119. The van der Waals surface area contributed by atoms with E-state index in [9.17, 15) is 4.79 Å². The topological polar surface area (TPSA) is 91.2 Å². The van der Waals surface area contributed by atoms with Crippen molar-refractivity contribution in [2.75, 3.05) is 13.7 Å². The van der Waals surface area contributed by atoms with Crippen LogP contribution in [-0.2, 0) is 11.8 Å². The van der Waals surface area contributed by atoms with Gasteiger partial charge in [0.25, 0.3) is 0 Å². The van der Waals surface area contributed by atoms with Gasteiger partial charge in [0.2, 0.25) is 17.7 Å². The minimum absolute atomic E-state index is 0.0630. The van der Waals surface area contributed by atoms with E-state index >= 15 is 0 Å². The number of hydrogen-bond donors (Lipinski definition) is 1. The maximum atomic E-state index is 11.5. The van der Waals surface area contributed by atoms with Gasteiger partial charge in [0, 0.05) is 50.0 Å². The first-order valence-corrected chi connectivity index (χ1v) is 8.81. The van der Waals surface area contributed by atoms with Gasteiger partial charge in [0.1, 0.15) is 6.10 Å². The minimum atomic E-state index is -0.149. The zero-order valence-electron chi connectivity index (χ0n) is 15.5. The van der Waals surface area contributed by atoms with Gasteiger partial charge in [-0.25, -0.2) is 9.97 Å². The number of nitrogens with zero attached hydrogens (tertiary/aromatic N) is 4. The number of hydrogen-bond acceptors (Lipinski definition) is 6. The smallest absolute Gasteiger partial charge is 0.225 e. The lowest BCUT2D eigenvalue weighted by atomic mass is 10.0. The largest absolute Gasteiger partial charge is 0.481 e. The molecule has 0 saturated carbocycles. The van der Waals surface area contributed by atoms with E-state index in [-0.39, 0.29) is 17.9 Å². The summed E-state index contributed by atoms with van der Waals surface area (Å²) in [6.45, 7) is 2.59. The van der Waals surface area contributed by atoms with Crippen molar-refractivity contribution >= 4 is 16.8 Å². The fraction of sp³-hybridized carbons (Fsp3) is 0.368. The molecule has 140 valence electrons. The number of rotatable bonds is 5. The van der Waals surface area contributed by atoms with Gasteiger partial charge in [-0.3, -0.25) is 9.48 Å². The van der Waals surface area contributed by atoms with Gasteiger partial charge in [0.05, 0.1) is 23.7 Å². The molecule has 1 fully saturated rings. The Hall–Kier alpha value is -3.16. The van der Waals surface area contributed by atoms with Crippen LogP contribution in [0.5, 0.6) is 11.8 Å². The van der Waals surface area contributed by atoms with Gasteiger partial charge >= 0.3 is 0 Å². The van der Waals surface area contributed by atoms with Gasteiger partial charge in [-0.2, -0.15) is 5.10 Å². The Morgan fingerprint density at radius 2 is 2.22 bits per heavy atom. The molecule has 1 amide bonds. The Kier molecular flexibility index (Phi) is 4.39. The number of aromatic nitrogens is 4. The van der Waals surface area contributed by atoms with E-state index in [1.807, 2.05) is 32.3 Å². The molecular weight excluding hydrogens is 346 g/mol. The molecule has 3 aromatic rings. The van der Waals surface area contributed by atoms with Crippen LogP contribution in [0.2, 0.25) is 0 Å². The molecule has 0 spiro atoms. The Labute approximate surface area is 156 Å². The normalized spacial score (nSPS) is 17.7. The SMILES string of the molecule is COc1ccc(-c2cc3nn(C)cc3c(OC(C)C3CNC(=O)C3)n2)cn1. The quantitative estimate of drug-likeness (QED) is 0.741. The number of fused-ring (bicyclic) bond motifs is 1. The van der Waals surface area contributed by atoms with E-state index in [0.29, 0.717) is 24.7 Å². The maximum Gasteiger partial charge on any atom is 0.225 e.